The van der Waals surface area contributed by atoms with Crippen LogP contribution in [0.5, 0.6) is 0 Å². The summed E-state index contributed by atoms with van der Waals surface area (Å²) in [6.45, 7) is 2.63. The maximum Gasteiger partial charge on any atom is 0.305 e. The van der Waals surface area contributed by atoms with E-state index in [1.807, 2.05) is 31.2 Å². The summed E-state index contributed by atoms with van der Waals surface area (Å²) in [6.07, 6.45) is 3.08. The number of thioether (sulfide) groups is 1. The minimum Gasteiger partial charge on any atom is -0.451 e. The second kappa shape index (κ2) is 8.05. The van der Waals surface area contributed by atoms with Crippen LogP contribution < -0.4 is 16.2 Å². The highest BCUT2D eigenvalue weighted by Crippen LogP contribution is 2.24. The monoisotopic (exact) mass is 337 g/mol. The molecule has 0 saturated carbocycles. The van der Waals surface area contributed by atoms with Gasteiger partial charge in [0.1, 0.15) is 5.58 Å². The average molecular weight is 337 g/mol. The van der Waals surface area contributed by atoms with Crippen LogP contribution in [0.1, 0.15) is 22.5 Å². The number of fused-ring (bicyclic) bond motifs is 1. The van der Waals surface area contributed by atoms with Gasteiger partial charge < -0.3 is 9.73 Å². The zero-order valence-corrected chi connectivity index (χ0v) is 14.2. The molecular formula is C15H19N3O2S2. The molecule has 0 fully saturated rings. The lowest BCUT2D eigenvalue weighted by Crippen LogP contribution is -2.47. The van der Waals surface area contributed by atoms with Crippen LogP contribution in [0.3, 0.4) is 0 Å². The molecule has 0 unspecified atom stereocenters. The molecule has 1 aromatic heterocycles. The lowest BCUT2D eigenvalue weighted by molar-refractivity contribution is 0.0917. The summed E-state index contributed by atoms with van der Waals surface area (Å²) in [4.78, 5) is 12.2. The number of hydrogen-bond acceptors (Lipinski definition) is 4. The first kappa shape index (κ1) is 16.6. The smallest absolute Gasteiger partial charge is 0.305 e. The summed E-state index contributed by atoms with van der Waals surface area (Å²) in [6, 6.07) is 7.55. The van der Waals surface area contributed by atoms with E-state index in [4.69, 9.17) is 16.6 Å². The molecule has 1 heterocycles. The van der Waals surface area contributed by atoms with Crippen molar-refractivity contribution in [3.8, 4) is 0 Å². The minimum atomic E-state index is -0.345. The van der Waals surface area contributed by atoms with E-state index in [9.17, 15) is 4.79 Å². The van der Waals surface area contributed by atoms with Gasteiger partial charge in [0.25, 0.3) is 0 Å². The van der Waals surface area contributed by atoms with E-state index in [1.54, 1.807) is 11.8 Å². The van der Waals surface area contributed by atoms with Gasteiger partial charge in [-0.25, -0.2) is 0 Å². The number of para-hydroxylation sites is 1. The maximum atomic E-state index is 12.2. The lowest BCUT2D eigenvalue weighted by atomic mass is 10.1. The molecule has 0 aliphatic heterocycles. The van der Waals surface area contributed by atoms with Gasteiger partial charge in [-0.2, -0.15) is 11.8 Å². The van der Waals surface area contributed by atoms with Gasteiger partial charge in [0, 0.05) is 17.5 Å². The van der Waals surface area contributed by atoms with Gasteiger partial charge in [0.15, 0.2) is 10.9 Å². The fraction of sp³-hybridized carbons (Fsp3) is 0.333. The van der Waals surface area contributed by atoms with Crippen LogP contribution in [-0.2, 0) is 0 Å². The second-order valence-electron chi connectivity index (χ2n) is 4.73. The first-order chi connectivity index (χ1) is 10.6. The van der Waals surface area contributed by atoms with Gasteiger partial charge in [-0.1, -0.05) is 18.2 Å². The fourth-order valence-electron chi connectivity index (χ4n) is 2.02. The van der Waals surface area contributed by atoms with Crippen molar-refractivity contribution in [1.29, 1.82) is 0 Å². The molecule has 0 aliphatic rings. The van der Waals surface area contributed by atoms with Gasteiger partial charge in [-0.05, 0) is 43.6 Å². The number of furan rings is 1. The number of amides is 1. The summed E-state index contributed by atoms with van der Waals surface area (Å²) in [5.74, 6) is 1.01. The summed E-state index contributed by atoms with van der Waals surface area (Å²) in [7, 11) is 0. The predicted molar refractivity (Wildman–Crippen MR) is 95.2 cm³/mol. The van der Waals surface area contributed by atoms with Crippen LogP contribution in [0.2, 0.25) is 0 Å². The topological polar surface area (TPSA) is 66.3 Å². The van der Waals surface area contributed by atoms with Crippen molar-refractivity contribution in [2.75, 3.05) is 18.6 Å². The van der Waals surface area contributed by atoms with E-state index in [0.717, 1.165) is 29.7 Å². The highest BCUT2D eigenvalue weighted by molar-refractivity contribution is 7.98. The highest BCUT2D eigenvalue weighted by Gasteiger charge is 2.17. The van der Waals surface area contributed by atoms with Crippen molar-refractivity contribution in [3.63, 3.8) is 0 Å². The molecule has 0 atom stereocenters. The molecule has 2 rings (SSSR count). The Labute approximate surface area is 139 Å². The van der Waals surface area contributed by atoms with Crippen molar-refractivity contribution in [3.05, 3.63) is 35.6 Å². The number of rotatable bonds is 5. The third-order valence-electron chi connectivity index (χ3n) is 3.15. The van der Waals surface area contributed by atoms with E-state index in [2.05, 4.69) is 22.4 Å². The normalized spacial score (nSPS) is 10.5. The molecule has 22 heavy (non-hydrogen) atoms. The summed E-state index contributed by atoms with van der Waals surface area (Å²) in [5.41, 5.74) is 6.74. The molecule has 0 saturated heterocycles. The third kappa shape index (κ3) is 4.14. The van der Waals surface area contributed by atoms with Crippen LogP contribution in [0.4, 0.5) is 0 Å². The molecule has 2 aromatic rings. The standard InChI is InChI=1S/C15H19N3O2S2/c1-10-11-6-3-4-7-12(11)20-13(10)14(19)17-18-15(21)16-8-5-9-22-2/h3-4,6-7H,5,8-9H2,1-2H3,(H,17,19)(H2,16,18,21). The largest absolute Gasteiger partial charge is 0.451 e. The number of nitrogens with one attached hydrogen (secondary N) is 3. The van der Waals surface area contributed by atoms with Crippen molar-refractivity contribution in [1.82, 2.24) is 16.2 Å². The Morgan fingerprint density at radius 2 is 2.09 bits per heavy atom. The molecule has 1 amide bonds. The van der Waals surface area contributed by atoms with Gasteiger partial charge in [0.05, 0.1) is 0 Å². The van der Waals surface area contributed by atoms with E-state index in [-0.39, 0.29) is 5.91 Å². The average Bonchev–Trinajstić information content (AvgIpc) is 2.87. The Balaban J connectivity index is 1.89. The molecule has 0 spiro atoms. The lowest BCUT2D eigenvalue weighted by Gasteiger charge is -2.10. The van der Waals surface area contributed by atoms with E-state index >= 15 is 0 Å². The van der Waals surface area contributed by atoms with Crippen molar-refractivity contribution >= 4 is 46.0 Å². The number of aryl methyl sites for hydroxylation is 1. The Morgan fingerprint density at radius 1 is 1.32 bits per heavy atom. The summed E-state index contributed by atoms with van der Waals surface area (Å²) in [5, 5.41) is 4.35. The molecule has 3 N–H and O–H groups in total. The first-order valence-corrected chi connectivity index (χ1v) is 8.75. The molecule has 7 heteroatoms. The summed E-state index contributed by atoms with van der Waals surface area (Å²) < 4.78 is 5.59. The van der Waals surface area contributed by atoms with Crippen LogP contribution in [0.15, 0.2) is 28.7 Å². The quantitative estimate of drug-likeness (QED) is 0.443. The van der Waals surface area contributed by atoms with Crippen LogP contribution in [-0.4, -0.2) is 29.6 Å². The predicted octanol–water partition coefficient (Wildman–Crippen LogP) is 2.60. The van der Waals surface area contributed by atoms with E-state index < -0.39 is 0 Å². The van der Waals surface area contributed by atoms with E-state index in [0.29, 0.717) is 16.5 Å². The Kier molecular flexibility index (Phi) is 6.09. The number of benzene rings is 1. The number of carbonyl (C=O) groups excluding carboxylic acids is 1. The fourth-order valence-corrected chi connectivity index (χ4v) is 2.61. The van der Waals surface area contributed by atoms with Gasteiger partial charge >= 0.3 is 5.91 Å². The van der Waals surface area contributed by atoms with Gasteiger partial charge in [-0.3, -0.25) is 15.6 Å². The molecule has 5 nitrogen and oxygen atoms in total. The van der Waals surface area contributed by atoms with Crippen LogP contribution >= 0.6 is 24.0 Å². The maximum absolute atomic E-state index is 12.2. The summed E-state index contributed by atoms with van der Waals surface area (Å²) >= 11 is 6.88. The SMILES string of the molecule is CSCCCNC(=S)NNC(=O)c1oc2ccccc2c1C. The number of thiocarbonyl (C=S) groups is 1. The minimum absolute atomic E-state index is 0.291. The number of hydrogen-bond donors (Lipinski definition) is 3. The van der Waals surface area contributed by atoms with Crippen LogP contribution in [0, 0.1) is 6.92 Å². The Morgan fingerprint density at radius 3 is 2.82 bits per heavy atom. The molecule has 0 radical (unpaired) electrons. The van der Waals surface area contributed by atoms with Crippen molar-refractivity contribution in [2.24, 2.45) is 0 Å². The van der Waals surface area contributed by atoms with Crippen LogP contribution in [0.25, 0.3) is 11.0 Å². The van der Waals surface area contributed by atoms with E-state index in [1.165, 1.54) is 0 Å². The highest BCUT2D eigenvalue weighted by atomic mass is 32.2. The Hall–Kier alpha value is -1.73. The second-order valence-corrected chi connectivity index (χ2v) is 6.13. The molecule has 0 aliphatic carbocycles. The number of carbonyl (C=O) groups is 1. The van der Waals surface area contributed by atoms with Gasteiger partial charge in [-0.15, -0.1) is 0 Å². The molecule has 1 aromatic carbocycles. The third-order valence-corrected chi connectivity index (χ3v) is 4.09. The Bertz CT molecular complexity index is 670. The molecular weight excluding hydrogens is 318 g/mol. The zero-order valence-electron chi connectivity index (χ0n) is 12.6. The van der Waals surface area contributed by atoms with Crippen molar-refractivity contribution < 1.29 is 9.21 Å². The van der Waals surface area contributed by atoms with Gasteiger partial charge in [0.2, 0.25) is 0 Å². The van der Waals surface area contributed by atoms with Crippen molar-refractivity contribution in [2.45, 2.75) is 13.3 Å². The number of hydrazine groups is 1. The molecule has 118 valence electrons. The zero-order chi connectivity index (χ0) is 15.9. The molecule has 0 bridgehead atoms. The first-order valence-electron chi connectivity index (χ1n) is 6.94.